The summed E-state index contributed by atoms with van der Waals surface area (Å²) in [6, 6.07) is 17.9. The monoisotopic (exact) mass is 383 g/mol. The smallest absolute Gasteiger partial charge is 0.261 e. The summed E-state index contributed by atoms with van der Waals surface area (Å²) in [5, 5.41) is 3.20. The molecule has 0 unspecified atom stereocenters. The van der Waals surface area contributed by atoms with E-state index in [1.165, 1.54) is 6.20 Å². The molecule has 0 spiro atoms. The Morgan fingerprint density at radius 3 is 2.56 bits per heavy atom. The number of anilines is 2. The van der Waals surface area contributed by atoms with Gasteiger partial charge in [-0.1, -0.05) is 30.3 Å². The maximum atomic E-state index is 12.5. The number of benzene rings is 2. The second-order valence-corrected chi connectivity index (χ2v) is 7.70. The Labute approximate surface area is 159 Å². The standard InChI is InChI=1S/C20H21N3O3S/c1-15-6-5-8-18(12-15)27(24,25)23-17-10-11-20(22-14-17)21-13-16-7-3-4-9-19(16)26-2/h3-12,14,23H,13H2,1-2H3,(H,21,22). The van der Waals surface area contributed by atoms with Crippen molar-refractivity contribution >= 4 is 21.5 Å². The number of pyridine rings is 1. The number of ether oxygens (including phenoxy) is 1. The van der Waals surface area contributed by atoms with Gasteiger partial charge in [0.2, 0.25) is 0 Å². The molecule has 2 N–H and O–H groups in total. The summed E-state index contributed by atoms with van der Waals surface area (Å²) in [6.45, 7) is 2.40. The maximum absolute atomic E-state index is 12.5. The van der Waals surface area contributed by atoms with Crippen LogP contribution in [0.15, 0.2) is 71.8 Å². The Hall–Kier alpha value is -3.06. The fourth-order valence-electron chi connectivity index (χ4n) is 2.59. The van der Waals surface area contributed by atoms with Crippen molar-refractivity contribution in [2.75, 3.05) is 17.1 Å². The first-order chi connectivity index (χ1) is 13.0. The molecule has 0 saturated carbocycles. The molecule has 0 amide bonds. The largest absolute Gasteiger partial charge is 0.496 e. The van der Waals surface area contributed by atoms with Crippen molar-refractivity contribution < 1.29 is 13.2 Å². The van der Waals surface area contributed by atoms with E-state index in [0.29, 0.717) is 18.1 Å². The molecule has 0 bridgehead atoms. The predicted molar refractivity (Wildman–Crippen MR) is 107 cm³/mol. The van der Waals surface area contributed by atoms with E-state index >= 15 is 0 Å². The number of nitrogens with zero attached hydrogens (tertiary/aromatic N) is 1. The summed E-state index contributed by atoms with van der Waals surface area (Å²) in [5.74, 6) is 1.44. The van der Waals surface area contributed by atoms with Gasteiger partial charge in [-0.25, -0.2) is 13.4 Å². The molecule has 2 aromatic carbocycles. The molecule has 0 atom stereocenters. The average Bonchev–Trinajstić information content (AvgIpc) is 2.67. The van der Waals surface area contributed by atoms with Crippen LogP contribution in [0.5, 0.6) is 5.75 Å². The molecular weight excluding hydrogens is 362 g/mol. The van der Waals surface area contributed by atoms with Gasteiger partial charge in [0.25, 0.3) is 10.0 Å². The zero-order chi connectivity index (χ0) is 19.3. The Morgan fingerprint density at radius 2 is 1.85 bits per heavy atom. The van der Waals surface area contributed by atoms with Crippen LogP contribution in [0.3, 0.4) is 0 Å². The topological polar surface area (TPSA) is 80.3 Å². The molecule has 1 aromatic heterocycles. The summed E-state index contributed by atoms with van der Waals surface area (Å²) in [7, 11) is -2.01. The van der Waals surface area contributed by atoms with Gasteiger partial charge in [0.1, 0.15) is 11.6 Å². The van der Waals surface area contributed by atoms with Gasteiger partial charge in [-0.3, -0.25) is 4.72 Å². The van der Waals surface area contributed by atoms with E-state index in [4.69, 9.17) is 4.74 Å². The van der Waals surface area contributed by atoms with Crippen LogP contribution in [0.2, 0.25) is 0 Å². The van der Waals surface area contributed by atoms with E-state index in [1.807, 2.05) is 37.3 Å². The summed E-state index contributed by atoms with van der Waals surface area (Å²) < 4.78 is 32.8. The number of aromatic nitrogens is 1. The molecule has 6 nitrogen and oxygen atoms in total. The zero-order valence-electron chi connectivity index (χ0n) is 15.1. The lowest BCUT2D eigenvalue weighted by Gasteiger charge is -2.11. The molecule has 0 radical (unpaired) electrons. The van der Waals surface area contributed by atoms with E-state index in [1.54, 1.807) is 37.4 Å². The molecule has 0 saturated heterocycles. The van der Waals surface area contributed by atoms with E-state index < -0.39 is 10.0 Å². The molecular formula is C20H21N3O3S. The van der Waals surface area contributed by atoms with Gasteiger partial charge in [-0.05, 0) is 42.8 Å². The number of nitrogens with one attached hydrogen (secondary N) is 2. The summed E-state index contributed by atoms with van der Waals surface area (Å²) in [6.07, 6.45) is 1.48. The van der Waals surface area contributed by atoms with Gasteiger partial charge in [-0.2, -0.15) is 0 Å². The average molecular weight is 383 g/mol. The first-order valence-corrected chi connectivity index (χ1v) is 9.87. The zero-order valence-corrected chi connectivity index (χ0v) is 16.0. The maximum Gasteiger partial charge on any atom is 0.261 e. The molecule has 3 aromatic rings. The van der Waals surface area contributed by atoms with Gasteiger partial charge in [-0.15, -0.1) is 0 Å². The summed E-state index contributed by atoms with van der Waals surface area (Å²) in [4.78, 5) is 4.49. The summed E-state index contributed by atoms with van der Waals surface area (Å²) in [5.41, 5.74) is 2.29. The number of aryl methyl sites for hydroxylation is 1. The lowest BCUT2D eigenvalue weighted by molar-refractivity contribution is 0.410. The highest BCUT2D eigenvalue weighted by Gasteiger charge is 2.14. The second kappa shape index (κ2) is 8.09. The molecule has 0 fully saturated rings. The Bertz CT molecular complexity index is 1020. The highest BCUT2D eigenvalue weighted by Crippen LogP contribution is 2.20. The van der Waals surface area contributed by atoms with Crippen molar-refractivity contribution in [3.05, 3.63) is 78.0 Å². The van der Waals surface area contributed by atoms with E-state index in [0.717, 1.165) is 16.9 Å². The van der Waals surface area contributed by atoms with Gasteiger partial charge >= 0.3 is 0 Å². The molecule has 140 valence electrons. The van der Waals surface area contributed by atoms with Crippen molar-refractivity contribution in [3.63, 3.8) is 0 Å². The van der Waals surface area contributed by atoms with Crippen LogP contribution in [-0.2, 0) is 16.6 Å². The Morgan fingerprint density at radius 1 is 1.04 bits per heavy atom. The molecule has 0 aliphatic heterocycles. The Balaban J connectivity index is 1.67. The number of para-hydroxylation sites is 1. The highest BCUT2D eigenvalue weighted by atomic mass is 32.2. The van der Waals surface area contributed by atoms with Gasteiger partial charge in [0.15, 0.2) is 0 Å². The van der Waals surface area contributed by atoms with Crippen LogP contribution in [0.4, 0.5) is 11.5 Å². The van der Waals surface area contributed by atoms with Crippen LogP contribution in [0.1, 0.15) is 11.1 Å². The van der Waals surface area contributed by atoms with Crippen LogP contribution in [-0.4, -0.2) is 20.5 Å². The second-order valence-electron chi connectivity index (χ2n) is 6.02. The minimum Gasteiger partial charge on any atom is -0.496 e. The van der Waals surface area contributed by atoms with Crippen molar-refractivity contribution in [1.82, 2.24) is 4.98 Å². The number of methoxy groups -OCH3 is 1. The van der Waals surface area contributed by atoms with Crippen LogP contribution < -0.4 is 14.8 Å². The molecule has 1 heterocycles. The number of hydrogen-bond acceptors (Lipinski definition) is 5. The first kappa shape index (κ1) is 18.7. The normalized spacial score (nSPS) is 11.0. The lowest BCUT2D eigenvalue weighted by atomic mass is 10.2. The molecule has 27 heavy (non-hydrogen) atoms. The molecule has 7 heteroatoms. The SMILES string of the molecule is COc1ccccc1CNc1ccc(NS(=O)(=O)c2cccc(C)c2)cn1. The third-order valence-electron chi connectivity index (χ3n) is 3.97. The van der Waals surface area contributed by atoms with Crippen molar-refractivity contribution in [1.29, 1.82) is 0 Å². The van der Waals surface area contributed by atoms with Gasteiger partial charge in [0.05, 0.1) is 23.9 Å². The predicted octanol–water partition coefficient (Wildman–Crippen LogP) is 3.81. The number of rotatable bonds is 7. The fraction of sp³-hybridized carbons (Fsp3) is 0.150. The minimum absolute atomic E-state index is 0.223. The first-order valence-electron chi connectivity index (χ1n) is 8.39. The number of hydrogen-bond donors (Lipinski definition) is 2. The van der Waals surface area contributed by atoms with Crippen molar-refractivity contribution in [3.8, 4) is 5.75 Å². The lowest BCUT2D eigenvalue weighted by Crippen LogP contribution is -2.13. The molecule has 3 rings (SSSR count). The van der Waals surface area contributed by atoms with Crippen molar-refractivity contribution in [2.45, 2.75) is 18.4 Å². The fourth-order valence-corrected chi connectivity index (χ4v) is 3.74. The van der Waals surface area contributed by atoms with Crippen LogP contribution >= 0.6 is 0 Å². The van der Waals surface area contributed by atoms with Gasteiger partial charge < -0.3 is 10.1 Å². The number of sulfonamides is 1. The quantitative estimate of drug-likeness (QED) is 0.648. The van der Waals surface area contributed by atoms with E-state index in [9.17, 15) is 8.42 Å². The van der Waals surface area contributed by atoms with E-state index in [2.05, 4.69) is 15.0 Å². The third-order valence-corrected chi connectivity index (χ3v) is 5.35. The minimum atomic E-state index is -3.64. The Kier molecular flexibility index (Phi) is 5.61. The van der Waals surface area contributed by atoms with Crippen molar-refractivity contribution in [2.24, 2.45) is 0 Å². The highest BCUT2D eigenvalue weighted by molar-refractivity contribution is 7.92. The summed E-state index contributed by atoms with van der Waals surface area (Å²) >= 11 is 0. The molecule has 0 aliphatic carbocycles. The molecule has 0 aliphatic rings. The van der Waals surface area contributed by atoms with Crippen LogP contribution in [0.25, 0.3) is 0 Å². The third kappa shape index (κ3) is 4.77. The van der Waals surface area contributed by atoms with Crippen LogP contribution in [0, 0.1) is 6.92 Å². The van der Waals surface area contributed by atoms with E-state index in [-0.39, 0.29) is 4.90 Å². The van der Waals surface area contributed by atoms with Gasteiger partial charge in [0, 0.05) is 12.1 Å².